The van der Waals surface area contributed by atoms with Crippen LogP contribution in [0.5, 0.6) is 11.5 Å². The van der Waals surface area contributed by atoms with E-state index in [0.717, 1.165) is 0 Å². The normalized spacial score (nSPS) is 10.4. The third-order valence-corrected chi connectivity index (χ3v) is 2.42. The van der Waals surface area contributed by atoms with E-state index < -0.39 is 0 Å². The molecule has 19 heavy (non-hydrogen) atoms. The number of Topliss-reactive ketones (excluding diaryl/α,β-unsaturated/α-hetero) is 1. The first-order chi connectivity index (χ1) is 8.87. The summed E-state index contributed by atoms with van der Waals surface area (Å²) in [5, 5.41) is 0. The lowest BCUT2D eigenvalue weighted by Gasteiger charge is -2.08. The van der Waals surface area contributed by atoms with Crippen molar-refractivity contribution in [3.8, 4) is 23.3 Å². The van der Waals surface area contributed by atoms with Gasteiger partial charge in [0.1, 0.15) is 0 Å². The van der Waals surface area contributed by atoms with Gasteiger partial charge >= 0.3 is 0 Å². The van der Waals surface area contributed by atoms with Crippen molar-refractivity contribution in [3.63, 3.8) is 0 Å². The Bertz CT molecular complexity index is 513. The van der Waals surface area contributed by atoms with E-state index in [4.69, 9.17) is 9.47 Å². The largest absolute Gasteiger partial charge is 0.493 e. The maximum absolute atomic E-state index is 12.0. The summed E-state index contributed by atoms with van der Waals surface area (Å²) in [5.74, 6) is 7.11. The molecule has 0 aliphatic rings. The van der Waals surface area contributed by atoms with Crippen LogP contribution in [0.2, 0.25) is 0 Å². The summed E-state index contributed by atoms with van der Waals surface area (Å²) in [6, 6.07) is 5.13. The van der Waals surface area contributed by atoms with Crippen LogP contribution >= 0.6 is 0 Å². The van der Waals surface area contributed by atoms with Gasteiger partial charge in [0.05, 0.1) is 20.6 Å². The Balaban J connectivity index is 2.85. The topological polar surface area (TPSA) is 35.5 Å². The molecule has 0 aliphatic carbocycles. The fourth-order valence-corrected chi connectivity index (χ4v) is 1.50. The molecule has 0 spiro atoms. The zero-order valence-corrected chi connectivity index (χ0v) is 12.2. The van der Waals surface area contributed by atoms with Crippen molar-refractivity contribution < 1.29 is 14.3 Å². The van der Waals surface area contributed by atoms with Gasteiger partial charge in [0.25, 0.3) is 0 Å². The number of hydrogen-bond donors (Lipinski definition) is 0. The van der Waals surface area contributed by atoms with Gasteiger partial charge in [-0.15, -0.1) is 0 Å². The van der Waals surface area contributed by atoms with Gasteiger partial charge in [-0.2, -0.15) is 0 Å². The Morgan fingerprint density at radius 3 is 2.32 bits per heavy atom. The van der Waals surface area contributed by atoms with Crippen LogP contribution in [0.15, 0.2) is 18.2 Å². The van der Waals surface area contributed by atoms with Crippen LogP contribution in [0.1, 0.15) is 37.6 Å². The van der Waals surface area contributed by atoms with E-state index in [1.54, 1.807) is 32.4 Å². The van der Waals surface area contributed by atoms with E-state index in [-0.39, 0.29) is 17.6 Å². The Morgan fingerprint density at radius 2 is 1.79 bits per heavy atom. The molecule has 0 bridgehead atoms. The predicted octanol–water partition coefficient (Wildman–Crippen LogP) is 3.33. The Hall–Kier alpha value is -1.95. The summed E-state index contributed by atoms with van der Waals surface area (Å²) < 4.78 is 10.3. The standard InChI is InChI=1S/C16H20O3/c1-16(2,3)10-6-7-13(17)12-8-9-14(18-4)15(11-12)19-5/h8-9,11H,7H2,1-5H3. The lowest BCUT2D eigenvalue weighted by molar-refractivity contribution is 0.0997. The van der Waals surface area contributed by atoms with Gasteiger partial charge < -0.3 is 9.47 Å². The fraction of sp³-hybridized carbons (Fsp3) is 0.438. The van der Waals surface area contributed by atoms with E-state index in [0.29, 0.717) is 17.1 Å². The summed E-state index contributed by atoms with van der Waals surface area (Å²) in [5.41, 5.74) is 0.499. The van der Waals surface area contributed by atoms with Crippen molar-refractivity contribution in [2.75, 3.05) is 14.2 Å². The molecular weight excluding hydrogens is 240 g/mol. The van der Waals surface area contributed by atoms with Crippen LogP contribution in [0.3, 0.4) is 0 Å². The van der Waals surface area contributed by atoms with Gasteiger partial charge in [-0.05, 0) is 39.0 Å². The van der Waals surface area contributed by atoms with Gasteiger partial charge in [-0.1, -0.05) is 11.8 Å². The molecule has 0 N–H and O–H groups in total. The Kier molecular flexibility index (Phi) is 5.00. The first-order valence-electron chi connectivity index (χ1n) is 6.12. The number of carbonyl (C=O) groups excluding carboxylic acids is 1. The smallest absolute Gasteiger partial charge is 0.174 e. The average molecular weight is 260 g/mol. The molecule has 0 radical (unpaired) electrons. The molecule has 0 heterocycles. The second-order valence-corrected chi connectivity index (χ2v) is 5.22. The molecule has 0 saturated heterocycles. The Morgan fingerprint density at radius 1 is 1.16 bits per heavy atom. The maximum Gasteiger partial charge on any atom is 0.174 e. The zero-order chi connectivity index (χ0) is 14.5. The van der Waals surface area contributed by atoms with E-state index in [2.05, 4.69) is 11.8 Å². The summed E-state index contributed by atoms with van der Waals surface area (Å²) >= 11 is 0. The molecule has 3 heteroatoms. The van der Waals surface area contributed by atoms with E-state index in [1.807, 2.05) is 20.8 Å². The molecule has 0 saturated carbocycles. The minimum absolute atomic E-state index is 0.0160. The zero-order valence-electron chi connectivity index (χ0n) is 12.2. The quantitative estimate of drug-likeness (QED) is 0.615. The highest BCUT2D eigenvalue weighted by Crippen LogP contribution is 2.27. The van der Waals surface area contributed by atoms with Crippen LogP contribution in [-0.4, -0.2) is 20.0 Å². The van der Waals surface area contributed by atoms with E-state index in [1.165, 1.54) is 0 Å². The highest BCUT2D eigenvalue weighted by molar-refractivity contribution is 5.98. The van der Waals surface area contributed by atoms with Gasteiger partial charge in [-0.25, -0.2) is 0 Å². The monoisotopic (exact) mass is 260 g/mol. The summed E-state index contributed by atoms with van der Waals surface area (Å²) in [6.45, 7) is 6.04. The third kappa shape index (κ3) is 4.67. The summed E-state index contributed by atoms with van der Waals surface area (Å²) in [7, 11) is 3.11. The number of methoxy groups -OCH3 is 2. The van der Waals surface area contributed by atoms with Crippen LogP contribution in [0.25, 0.3) is 0 Å². The van der Waals surface area contributed by atoms with Crippen molar-refractivity contribution in [2.24, 2.45) is 5.41 Å². The molecule has 0 unspecified atom stereocenters. The summed E-state index contributed by atoms with van der Waals surface area (Å²) in [4.78, 5) is 12.0. The van der Waals surface area contributed by atoms with Gasteiger partial charge in [0.15, 0.2) is 17.3 Å². The van der Waals surface area contributed by atoms with E-state index in [9.17, 15) is 4.79 Å². The number of hydrogen-bond acceptors (Lipinski definition) is 3. The van der Waals surface area contributed by atoms with Crippen molar-refractivity contribution in [1.82, 2.24) is 0 Å². The van der Waals surface area contributed by atoms with Crippen LogP contribution in [-0.2, 0) is 0 Å². The Labute approximate surface area is 114 Å². The van der Waals surface area contributed by atoms with Crippen molar-refractivity contribution in [2.45, 2.75) is 27.2 Å². The minimum Gasteiger partial charge on any atom is -0.493 e. The van der Waals surface area contributed by atoms with Gasteiger partial charge in [-0.3, -0.25) is 4.79 Å². The van der Waals surface area contributed by atoms with Crippen molar-refractivity contribution >= 4 is 5.78 Å². The van der Waals surface area contributed by atoms with Crippen LogP contribution < -0.4 is 9.47 Å². The second kappa shape index (κ2) is 6.29. The molecule has 0 aromatic heterocycles. The van der Waals surface area contributed by atoms with Gasteiger partial charge in [0, 0.05) is 11.0 Å². The molecule has 0 atom stereocenters. The maximum atomic E-state index is 12.0. The highest BCUT2D eigenvalue weighted by atomic mass is 16.5. The number of benzene rings is 1. The van der Waals surface area contributed by atoms with Gasteiger partial charge in [0.2, 0.25) is 0 Å². The van der Waals surface area contributed by atoms with Crippen molar-refractivity contribution in [1.29, 1.82) is 0 Å². The fourth-order valence-electron chi connectivity index (χ4n) is 1.50. The van der Waals surface area contributed by atoms with Crippen LogP contribution in [0.4, 0.5) is 0 Å². The number of ether oxygens (including phenoxy) is 2. The van der Waals surface area contributed by atoms with E-state index >= 15 is 0 Å². The number of rotatable bonds is 4. The molecule has 0 fully saturated rings. The third-order valence-electron chi connectivity index (χ3n) is 2.42. The summed E-state index contributed by atoms with van der Waals surface area (Å²) in [6.07, 6.45) is 0.215. The molecule has 1 rings (SSSR count). The molecule has 3 nitrogen and oxygen atoms in total. The lowest BCUT2D eigenvalue weighted by Crippen LogP contribution is -2.02. The number of carbonyl (C=O) groups is 1. The first-order valence-corrected chi connectivity index (χ1v) is 6.12. The molecule has 0 amide bonds. The molecule has 1 aromatic carbocycles. The predicted molar refractivity (Wildman–Crippen MR) is 75.7 cm³/mol. The first kappa shape index (κ1) is 15.1. The number of ketones is 1. The molecule has 1 aromatic rings. The lowest BCUT2D eigenvalue weighted by atomic mass is 9.97. The highest BCUT2D eigenvalue weighted by Gasteiger charge is 2.10. The second-order valence-electron chi connectivity index (χ2n) is 5.22. The minimum atomic E-state index is -0.0854. The average Bonchev–Trinajstić information content (AvgIpc) is 2.36. The SMILES string of the molecule is COc1ccc(C(=O)CC#CC(C)(C)C)cc1OC. The van der Waals surface area contributed by atoms with Crippen LogP contribution in [0, 0.1) is 17.3 Å². The molecule has 0 aliphatic heterocycles. The molecule has 102 valence electrons. The van der Waals surface area contributed by atoms with Crippen molar-refractivity contribution in [3.05, 3.63) is 23.8 Å². The molecular formula is C16H20O3.